The Balaban J connectivity index is 2.15. The van der Waals surface area contributed by atoms with Crippen LogP contribution in [0.4, 0.5) is 0 Å². The number of nitrogens with one attached hydrogen (secondary N) is 1. The number of benzene rings is 1. The Morgan fingerprint density at radius 2 is 2.06 bits per heavy atom. The van der Waals surface area contributed by atoms with Crippen molar-refractivity contribution < 1.29 is 8.42 Å². The Labute approximate surface area is 103 Å². The van der Waals surface area contributed by atoms with E-state index in [0.717, 1.165) is 12.1 Å². The van der Waals surface area contributed by atoms with Crippen LogP contribution in [-0.2, 0) is 16.6 Å². The van der Waals surface area contributed by atoms with Crippen LogP contribution < -0.4 is 5.32 Å². The first-order valence-corrected chi connectivity index (χ1v) is 7.19. The lowest BCUT2D eigenvalue weighted by Crippen LogP contribution is -2.22. The van der Waals surface area contributed by atoms with E-state index in [9.17, 15) is 8.42 Å². The van der Waals surface area contributed by atoms with Crippen LogP contribution in [-0.4, -0.2) is 32.9 Å². The monoisotopic (exact) mass is 254 g/mol. The van der Waals surface area contributed by atoms with Crippen LogP contribution in [0.25, 0.3) is 0 Å². The molecule has 1 aromatic carbocycles. The normalized spacial score (nSPS) is 16.4. The molecule has 1 aliphatic rings. The van der Waals surface area contributed by atoms with E-state index in [1.54, 1.807) is 32.3 Å². The lowest BCUT2D eigenvalue weighted by molar-refractivity contribution is 0.520. The van der Waals surface area contributed by atoms with Gasteiger partial charge in [-0.2, -0.15) is 0 Å². The summed E-state index contributed by atoms with van der Waals surface area (Å²) in [6.07, 6.45) is 2.46. The molecule has 0 atom stereocenters. The first-order valence-electron chi connectivity index (χ1n) is 5.75. The SMILES string of the molecule is CN(C)S(=O)(=O)c1cccc(CNC2CC2)c1. The van der Waals surface area contributed by atoms with E-state index in [1.165, 1.54) is 17.1 Å². The topological polar surface area (TPSA) is 49.4 Å². The number of hydrogen-bond donors (Lipinski definition) is 1. The van der Waals surface area contributed by atoms with Crippen LogP contribution in [0.15, 0.2) is 29.2 Å². The van der Waals surface area contributed by atoms with Crippen LogP contribution >= 0.6 is 0 Å². The zero-order valence-corrected chi connectivity index (χ0v) is 11.0. The second kappa shape index (κ2) is 4.76. The van der Waals surface area contributed by atoms with Crippen molar-refractivity contribution in [1.29, 1.82) is 0 Å². The van der Waals surface area contributed by atoms with Gasteiger partial charge in [0.15, 0.2) is 0 Å². The lowest BCUT2D eigenvalue weighted by Gasteiger charge is -2.12. The van der Waals surface area contributed by atoms with Crippen molar-refractivity contribution >= 4 is 10.0 Å². The number of rotatable bonds is 5. The summed E-state index contributed by atoms with van der Waals surface area (Å²) >= 11 is 0. The molecule has 2 rings (SSSR count). The Bertz CT molecular complexity index is 493. The second-order valence-corrected chi connectivity index (χ2v) is 6.74. The van der Waals surface area contributed by atoms with Crippen LogP contribution in [0.3, 0.4) is 0 Å². The summed E-state index contributed by atoms with van der Waals surface area (Å²) in [5.41, 5.74) is 1.01. The highest BCUT2D eigenvalue weighted by atomic mass is 32.2. The molecule has 1 aliphatic carbocycles. The number of sulfonamides is 1. The van der Waals surface area contributed by atoms with Crippen LogP contribution in [0.5, 0.6) is 0 Å². The van der Waals surface area contributed by atoms with Crippen molar-refractivity contribution in [3.05, 3.63) is 29.8 Å². The lowest BCUT2D eigenvalue weighted by atomic mass is 10.2. The molecule has 0 aliphatic heterocycles. The van der Waals surface area contributed by atoms with Gasteiger partial charge < -0.3 is 5.32 Å². The van der Waals surface area contributed by atoms with Gasteiger partial charge in [0, 0.05) is 26.7 Å². The number of nitrogens with zero attached hydrogens (tertiary/aromatic N) is 1. The van der Waals surface area contributed by atoms with E-state index >= 15 is 0 Å². The van der Waals surface area contributed by atoms with Crippen molar-refractivity contribution in [1.82, 2.24) is 9.62 Å². The van der Waals surface area contributed by atoms with E-state index in [1.807, 2.05) is 6.07 Å². The van der Waals surface area contributed by atoms with E-state index < -0.39 is 10.0 Å². The smallest absolute Gasteiger partial charge is 0.242 e. The quantitative estimate of drug-likeness (QED) is 0.858. The molecule has 0 radical (unpaired) electrons. The van der Waals surface area contributed by atoms with Gasteiger partial charge in [0.1, 0.15) is 0 Å². The van der Waals surface area contributed by atoms with Gasteiger partial charge in [-0.15, -0.1) is 0 Å². The standard InChI is InChI=1S/C12H18N2O2S/c1-14(2)17(15,16)12-5-3-4-10(8-12)9-13-11-6-7-11/h3-5,8,11,13H,6-7,9H2,1-2H3. The maximum absolute atomic E-state index is 11.9. The van der Waals surface area contributed by atoms with Gasteiger partial charge >= 0.3 is 0 Å². The van der Waals surface area contributed by atoms with E-state index in [-0.39, 0.29) is 0 Å². The minimum Gasteiger partial charge on any atom is -0.310 e. The summed E-state index contributed by atoms with van der Waals surface area (Å²) < 4.78 is 25.1. The first kappa shape index (κ1) is 12.5. The highest BCUT2D eigenvalue weighted by Crippen LogP contribution is 2.20. The zero-order chi connectivity index (χ0) is 12.5. The van der Waals surface area contributed by atoms with Gasteiger partial charge in [-0.25, -0.2) is 12.7 Å². The van der Waals surface area contributed by atoms with Crippen molar-refractivity contribution in [2.24, 2.45) is 0 Å². The predicted molar refractivity (Wildman–Crippen MR) is 67.2 cm³/mol. The largest absolute Gasteiger partial charge is 0.310 e. The number of hydrogen-bond acceptors (Lipinski definition) is 3. The summed E-state index contributed by atoms with van der Waals surface area (Å²) in [4.78, 5) is 0.359. The summed E-state index contributed by atoms with van der Waals surface area (Å²) in [7, 11) is -0.225. The molecule has 0 heterocycles. The van der Waals surface area contributed by atoms with Gasteiger partial charge in [-0.3, -0.25) is 0 Å². The minimum atomic E-state index is -3.32. The van der Waals surface area contributed by atoms with Crippen molar-refractivity contribution in [2.75, 3.05) is 14.1 Å². The summed E-state index contributed by atoms with van der Waals surface area (Å²) in [6, 6.07) is 7.74. The van der Waals surface area contributed by atoms with Crippen LogP contribution in [0, 0.1) is 0 Å². The molecule has 5 heteroatoms. The summed E-state index contributed by atoms with van der Waals surface area (Å²) in [5, 5.41) is 3.37. The Kier molecular flexibility index (Phi) is 3.51. The molecule has 17 heavy (non-hydrogen) atoms. The third kappa shape index (κ3) is 3.06. The van der Waals surface area contributed by atoms with E-state index in [0.29, 0.717) is 10.9 Å². The highest BCUT2D eigenvalue weighted by molar-refractivity contribution is 7.89. The van der Waals surface area contributed by atoms with Crippen molar-refractivity contribution in [3.63, 3.8) is 0 Å². The molecular weight excluding hydrogens is 236 g/mol. The molecule has 0 spiro atoms. The third-order valence-corrected chi connectivity index (χ3v) is 4.66. The second-order valence-electron chi connectivity index (χ2n) is 4.59. The van der Waals surface area contributed by atoms with E-state index in [4.69, 9.17) is 0 Å². The molecule has 0 amide bonds. The molecular formula is C12H18N2O2S. The highest BCUT2D eigenvalue weighted by Gasteiger charge is 2.21. The average Bonchev–Trinajstić information content (AvgIpc) is 3.10. The molecule has 0 saturated heterocycles. The molecule has 1 aromatic rings. The maximum atomic E-state index is 11.9. The zero-order valence-electron chi connectivity index (χ0n) is 10.2. The Hall–Kier alpha value is -0.910. The predicted octanol–water partition coefficient (Wildman–Crippen LogP) is 1.19. The molecule has 0 unspecified atom stereocenters. The molecule has 0 bridgehead atoms. The molecule has 94 valence electrons. The fraction of sp³-hybridized carbons (Fsp3) is 0.500. The average molecular weight is 254 g/mol. The Morgan fingerprint density at radius 3 is 2.65 bits per heavy atom. The molecule has 0 aromatic heterocycles. The molecule has 1 saturated carbocycles. The van der Waals surface area contributed by atoms with E-state index in [2.05, 4.69) is 5.32 Å². The Morgan fingerprint density at radius 1 is 1.35 bits per heavy atom. The van der Waals surface area contributed by atoms with Gasteiger partial charge in [0.2, 0.25) is 10.0 Å². The summed E-state index contributed by atoms with van der Waals surface area (Å²) in [6.45, 7) is 0.738. The van der Waals surface area contributed by atoms with Gasteiger partial charge in [-0.1, -0.05) is 12.1 Å². The fourth-order valence-electron chi connectivity index (χ4n) is 1.58. The van der Waals surface area contributed by atoms with Crippen molar-refractivity contribution in [3.8, 4) is 0 Å². The summed E-state index contributed by atoms with van der Waals surface area (Å²) in [5.74, 6) is 0. The van der Waals surface area contributed by atoms with Crippen LogP contribution in [0.2, 0.25) is 0 Å². The van der Waals surface area contributed by atoms with Crippen molar-refractivity contribution in [2.45, 2.75) is 30.3 Å². The third-order valence-electron chi connectivity index (χ3n) is 2.85. The van der Waals surface area contributed by atoms with Gasteiger partial charge in [0.25, 0.3) is 0 Å². The molecule has 1 fully saturated rings. The van der Waals surface area contributed by atoms with Gasteiger partial charge in [-0.05, 0) is 30.5 Å². The van der Waals surface area contributed by atoms with Crippen LogP contribution in [0.1, 0.15) is 18.4 Å². The molecule has 4 nitrogen and oxygen atoms in total. The fourth-order valence-corrected chi connectivity index (χ4v) is 2.55. The minimum absolute atomic E-state index is 0.359. The van der Waals surface area contributed by atoms with Gasteiger partial charge in [0.05, 0.1) is 4.90 Å². The molecule has 1 N–H and O–H groups in total. The first-order chi connectivity index (χ1) is 8.00. The maximum Gasteiger partial charge on any atom is 0.242 e.